The van der Waals surface area contributed by atoms with Gasteiger partial charge in [-0.15, -0.1) is 0 Å². The molecule has 0 aliphatic carbocycles. The standard InChI is InChI=1S/C12H26O2/c1-4-6-7-8-9-10-12(13)11(3)14-5-2/h11-13H,4-10H2,1-3H3. The maximum Gasteiger partial charge on any atom is 0.0805 e. The van der Waals surface area contributed by atoms with Crippen LogP contribution in [0.4, 0.5) is 0 Å². The molecule has 0 radical (unpaired) electrons. The molecule has 0 fully saturated rings. The van der Waals surface area contributed by atoms with Crippen LogP contribution < -0.4 is 0 Å². The molecule has 2 unspecified atom stereocenters. The number of aliphatic hydroxyl groups is 1. The van der Waals surface area contributed by atoms with Crippen LogP contribution in [0.5, 0.6) is 0 Å². The van der Waals surface area contributed by atoms with Gasteiger partial charge in [0.05, 0.1) is 12.2 Å². The van der Waals surface area contributed by atoms with Crippen LogP contribution in [0.15, 0.2) is 0 Å². The van der Waals surface area contributed by atoms with Crippen LogP contribution in [0.1, 0.15) is 59.3 Å². The van der Waals surface area contributed by atoms with Crippen molar-refractivity contribution in [3.05, 3.63) is 0 Å². The lowest BCUT2D eigenvalue weighted by molar-refractivity contribution is -0.0256. The van der Waals surface area contributed by atoms with Crippen molar-refractivity contribution < 1.29 is 9.84 Å². The third-order valence-electron chi connectivity index (χ3n) is 2.57. The van der Waals surface area contributed by atoms with Crippen LogP contribution in [0.3, 0.4) is 0 Å². The topological polar surface area (TPSA) is 29.5 Å². The van der Waals surface area contributed by atoms with Crippen molar-refractivity contribution in [3.63, 3.8) is 0 Å². The van der Waals surface area contributed by atoms with Gasteiger partial charge in [0, 0.05) is 6.61 Å². The average molecular weight is 202 g/mol. The normalized spacial score (nSPS) is 15.4. The zero-order valence-electron chi connectivity index (χ0n) is 9.96. The van der Waals surface area contributed by atoms with Crippen LogP contribution in [0.2, 0.25) is 0 Å². The SMILES string of the molecule is CCCCCCCC(O)C(C)OCC. The van der Waals surface area contributed by atoms with E-state index in [0.717, 1.165) is 12.8 Å². The molecule has 0 aliphatic heterocycles. The van der Waals surface area contributed by atoms with Crippen molar-refractivity contribution in [2.75, 3.05) is 6.61 Å². The highest BCUT2D eigenvalue weighted by Crippen LogP contribution is 2.10. The number of unbranched alkanes of at least 4 members (excludes halogenated alkanes) is 4. The van der Waals surface area contributed by atoms with Gasteiger partial charge in [-0.1, -0.05) is 39.0 Å². The lowest BCUT2D eigenvalue weighted by Gasteiger charge is -2.18. The maximum absolute atomic E-state index is 9.68. The van der Waals surface area contributed by atoms with Crippen molar-refractivity contribution in [1.29, 1.82) is 0 Å². The van der Waals surface area contributed by atoms with Gasteiger partial charge in [0.1, 0.15) is 0 Å². The molecule has 0 spiro atoms. The van der Waals surface area contributed by atoms with E-state index in [1.807, 2.05) is 13.8 Å². The number of aliphatic hydroxyl groups excluding tert-OH is 1. The van der Waals surface area contributed by atoms with Gasteiger partial charge in [-0.3, -0.25) is 0 Å². The fourth-order valence-corrected chi connectivity index (χ4v) is 1.57. The minimum absolute atomic E-state index is 0.00817. The number of rotatable bonds is 9. The lowest BCUT2D eigenvalue weighted by atomic mass is 10.1. The van der Waals surface area contributed by atoms with Crippen molar-refractivity contribution in [2.24, 2.45) is 0 Å². The summed E-state index contributed by atoms with van der Waals surface area (Å²) in [5, 5.41) is 9.68. The van der Waals surface area contributed by atoms with E-state index in [-0.39, 0.29) is 12.2 Å². The Morgan fingerprint density at radius 3 is 2.29 bits per heavy atom. The molecule has 0 aromatic carbocycles. The first-order valence-electron chi connectivity index (χ1n) is 6.02. The Bertz CT molecular complexity index is 115. The van der Waals surface area contributed by atoms with Crippen LogP contribution in [0.25, 0.3) is 0 Å². The van der Waals surface area contributed by atoms with E-state index < -0.39 is 0 Å². The Labute approximate surface area is 88.7 Å². The van der Waals surface area contributed by atoms with E-state index in [0.29, 0.717) is 6.61 Å². The van der Waals surface area contributed by atoms with Gasteiger partial charge in [-0.05, 0) is 20.3 Å². The van der Waals surface area contributed by atoms with Gasteiger partial charge < -0.3 is 9.84 Å². The zero-order valence-corrected chi connectivity index (χ0v) is 9.96. The average Bonchev–Trinajstić information content (AvgIpc) is 2.17. The monoisotopic (exact) mass is 202 g/mol. The van der Waals surface area contributed by atoms with Crippen molar-refractivity contribution in [1.82, 2.24) is 0 Å². The van der Waals surface area contributed by atoms with E-state index in [2.05, 4.69) is 6.92 Å². The molecule has 86 valence electrons. The molecule has 0 aromatic rings. The molecule has 0 amide bonds. The molecule has 0 aromatic heterocycles. The highest BCUT2D eigenvalue weighted by molar-refractivity contribution is 4.63. The first-order valence-corrected chi connectivity index (χ1v) is 6.02. The molecular weight excluding hydrogens is 176 g/mol. The summed E-state index contributed by atoms with van der Waals surface area (Å²) in [4.78, 5) is 0. The zero-order chi connectivity index (χ0) is 10.8. The third kappa shape index (κ3) is 7.34. The van der Waals surface area contributed by atoms with Crippen molar-refractivity contribution >= 4 is 0 Å². The number of hydrogen-bond donors (Lipinski definition) is 1. The van der Waals surface area contributed by atoms with Gasteiger partial charge >= 0.3 is 0 Å². The fraction of sp³-hybridized carbons (Fsp3) is 1.00. The molecule has 0 aliphatic rings. The molecule has 0 bridgehead atoms. The fourth-order valence-electron chi connectivity index (χ4n) is 1.57. The van der Waals surface area contributed by atoms with Crippen LogP contribution >= 0.6 is 0 Å². The number of hydrogen-bond acceptors (Lipinski definition) is 2. The van der Waals surface area contributed by atoms with Gasteiger partial charge in [0.25, 0.3) is 0 Å². The van der Waals surface area contributed by atoms with E-state index in [1.54, 1.807) is 0 Å². The van der Waals surface area contributed by atoms with E-state index in [4.69, 9.17) is 4.74 Å². The molecule has 0 saturated heterocycles. The quantitative estimate of drug-likeness (QED) is 0.582. The summed E-state index contributed by atoms with van der Waals surface area (Å²) in [6.45, 7) is 6.81. The highest BCUT2D eigenvalue weighted by atomic mass is 16.5. The second kappa shape index (κ2) is 9.47. The van der Waals surface area contributed by atoms with Crippen LogP contribution in [-0.4, -0.2) is 23.9 Å². The van der Waals surface area contributed by atoms with E-state index in [1.165, 1.54) is 25.7 Å². The molecule has 14 heavy (non-hydrogen) atoms. The predicted octanol–water partition coefficient (Wildman–Crippen LogP) is 3.13. The molecule has 2 heteroatoms. The summed E-state index contributed by atoms with van der Waals surface area (Å²) in [7, 11) is 0. The summed E-state index contributed by atoms with van der Waals surface area (Å²) >= 11 is 0. The minimum atomic E-state index is -0.281. The molecular formula is C12H26O2. The molecule has 0 rings (SSSR count). The molecule has 0 saturated carbocycles. The largest absolute Gasteiger partial charge is 0.390 e. The molecule has 0 heterocycles. The van der Waals surface area contributed by atoms with Crippen LogP contribution in [0, 0.1) is 0 Å². The maximum atomic E-state index is 9.68. The highest BCUT2D eigenvalue weighted by Gasteiger charge is 2.12. The van der Waals surface area contributed by atoms with Crippen molar-refractivity contribution in [2.45, 2.75) is 71.5 Å². The van der Waals surface area contributed by atoms with Crippen molar-refractivity contribution in [3.8, 4) is 0 Å². The second-order valence-electron chi connectivity index (χ2n) is 3.93. The van der Waals surface area contributed by atoms with E-state index >= 15 is 0 Å². The molecule has 2 atom stereocenters. The summed E-state index contributed by atoms with van der Waals surface area (Å²) in [6.07, 6.45) is 6.84. The summed E-state index contributed by atoms with van der Waals surface area (Å²) in [5.74, 6) is 0. The summed E-state index contributed by atoms with van der Waals surface area (Å²) in [5.41, 5.74) is 0. The van der Waals surface area contributed by atoms with Crippen LogP contribution in [-0.2, 0) is 4.74 Å². The number of ether oxygens (including phenoxy) is 1. The Kier molecular flexibility index (Phi) is 9.42. The van der Waals surface area contributed by atoms with Gasteiger partial charge in [-0.2, -0.15) is 0 Å². The Morgan fingerprint density at radius 2 is 1.71 bits per heavy atom. The minimum Gasteiger partial charge on any atom is -0.390 e. The van der Waals surface area contributed by atoms with Gasteiger partial charge in [0.2, 0.25) is 0 Å². The predicted molar refractivity (Wildman–Crippen MR) is 60.5 cm³/mol. The van der Waals surface area contributed by atoms with Gasteiger partial charge in [0.15, 0.2) is 0 Å². The first kappa shape index (κ1) is 13.9. The molecule has 2 nitrogen and oxygen atoms in total. The smallest absolute Gasteiger partial charge is 0.0805 e. The summed E-state index contributed by atoms with van der Waals surface area (Å²) < 4.78 is 5.33. The second-order valence-corrected chi connectivity index (χ2v) is 3.93. The lowest BCUT2D eigenvalue weighted by Crippen LogP contribution is -2.25. The third-order valence-corrected chi connectivity index (χ3v) is 2.57. The Balaban J connectivity index is 3.29. The molecule has 1 N–H and O–H groups in total. The Hall–Kier alpha value is -0.0800. The van der Waals surface area contributed by atoms with Gasteiger partial charge in [-0.25, -0.2) is 0 Å². The van der Waals surface area contributed by atoms with E-state index in [9.17, 15) is 5.11 Å². The first-order chi connectivity index (χ1) is 6.72. The Morgan fingerprint density at radius 1 is 1.07 bits per heavy atom. The summed E-state index contributed by atoms with van der Waals surface area (Å²) in [6, 6.07) is 0.